The zero-order chi connectivity index (χ0) is 11.7. The molecule has 4 aliphatic rings. The van der Waals surface area contributed by atoms with Crippen LogP contribution >= 0.6 is 0 Å². The molecule has 0 amide bonds. The van der Waals surface area contributed by atoms with E-state index in [0.717, 1.165) is 36.8 Å². The van der Waals surface area contributed by atoms with Gasteiger partial charge in [0.2, 0.25) is 0 Å². The molecule has 0 nitrogen and oxygen atoms in total. The summed E-state index contributed by atoms with van der Waals surface area (Å²) in [6.07, 6.45) is 3.59. The van der Waals surface area contributed by atoms with Crippen molar-refractivity contribution in [3.8, 4) is 0 Å². The summed E-state index contributed by atoms with van der Waals surface area (Å²) in [6, 6.07) is 14.4. The van der Waals surface area contributed by atoms with Gasteiger partial charge in [0, 0.05) is 0 Å². The van der Waals surface area contributed by atoms with Crippen molar-refractivity contribution in [2.75, 3.05) is 0 Å². The second-order valence-corrected chi connectivity index (χ2v) is 4.74. The van der Waals surface area contributed by atoms with E-state index in [0.29, 0.717) is 0 Å². The molecule has 0 atom stereocenters. The average molecular weight is 226 g/mol. The summed E-state index contributed by atoms with van der Waals surface area (Å²) in [5, 5.41) is 0. The normalized spacial score (nSPS) is 14.4. The molecule has 0 spiro atoms. The Labute approximate surface area is 101 Å². The lowest BCUT2D eigenvalue weighted by Gasteiger charge is -2.10. The predicted octanol–water partition coefficient (Wildman–Crippen LogP) is 3.71. The van der Waals surface area contributed by atoms with Crippen molar-refractivity contribution < 1.29 is 4.39 Å². The molecule has 0 aliphatic heterocycles. The predicted molar refractivity (Wildman–Crippen MR) is 67.7 cm³/mol. The topological polar surface area (TPSA) is 0 Å². The minimum Gasteiger partial charge on any atom is -0.207 e. The molecule has 0 unspecified atom stereocenters. The Morgan fingerprint density at radius 1 is 0.647 bits per heavy atom. The van der Waals surface area contributed by atoms with Gasteiger partial charge in [-0.2, -0.15) is 0 Å². The summed E-state index contributed by atoms with van der Waals surface area (Å²) in [5.74, 6) is -0.0440. The number of hydrogen-bond donors (Lipinski definition) is 0. The van der Waals surface area contributed by atoms with Gasteiger partial charge in [0.25, 0.3) is 0 Å². The molecule has 0 heterocycles. The van der Waals surface area contributed by atoms with Gasteiger partial charge < -0.3 is 0 Å². The molecule has 2 aromatic carbocycles. The van der Waals surface area contributed by atoms with E-state index in [1.807, 2.05) is 6.07 Å². The quantitative estimate of drug-likeness (QED) is 0.642. The number of hydrogen-bond acceptors (Lipinski definition) is 0. The van der Waals surface area contributed by atoms with Gasteiger partial charge in [0.15, 0.2) is 0 Å². The maximum Gasteiger partial charge on any atom is 0.126 e. The zero-order valence-electron chi connectivity index (χ0n) is 9.75. The minimum absolute atomic E-state index is 0.0440. The second-order valence-electron chi connectivity index (χ2n) is 4.74. The average Bonchev–Trinajstić information content (AvgIpc) is 2.34. The van der Waals surface area contributed by atoms with Crippen molar-refractivity contribution in [1.82, 2.24) is 0 Å². The van der Waals surface area contributed by atoms with Crippen LogP contribution in [0.3, 0.4) is 0 Å². The van der Waals surface area contributed by atoms with Crippen LogP contribution in [0.25, 0.3) is 0 Å². The fraction of sp³-hybridized carbons (Fsp3) is 0.250. The van der Waals surface area contributed by atoms with Crippen LogP contribution in [0, 0.1) is 5.82 Å². The molecule has 0 saturated heterocycles. The lowest BCUT2D eigenvalue weighted by Crippen LogP contribution is -2.00. The first-order valence-corrected chi connectivity index (χ1v) is 6.16. The third-order valence-electron chi connectivity index (χ3n) is 3.53. The van der Waals surface area contributed by atoms with Crippen molar-refractivity contribution in [2.24, 2.45) is 0 Å². The Kier molecular flexibility index (Phi) is 2.68. The molecule has 2 aromatic rings. The molecular formula is C16H15F. The lowest BCUT2D eigenvalue weighted by molar-refractivity contribution is 0.606. The molecule has 17 heavy (non-hydrogen) atoms. The van der Waals surface area contributed by atoms with Gasteiger partial charge in [-0.1, -0.05) is 36.4 Å². The number of aryl methyl sites for hydroxylation is 4. The standard InChI is InChI=1S/C16H15F/c17-16-11-14-6-5-12-1-3-13(4-2-12)7-9-15(16)10-8-14/h1-4,8,10-11H,5-7,9H2. The van der Waals surface area contributed by atoms with E-state index >= 15 is 0 Å². The molecule has 86 valence electrons. The van der Waals surface area contributed by atoms with Crippen LogP contribution in [-0.2, 0) is 25.7 Å². The highest BCUT2D eigenvalue weighted by molar-refractivity contribution is 5.30. The Morgan fingerprint density at radius 3 is 1.82 bits per heavy atom. The summed E-state index contributed by atoms with van der Waals surface area (Å²) in [7, 11) is 0. The van der Waals surface area contributed by atoms with E-state index in [2.05, 4.69) is 30.3 Å². The number of benzene rings is 2. The van der Waals surface area contributed by atoms with E-state index in [9.17, 15) is 4.39 Å². The molecule has 4 aliphatic carbocycles. The van der Waals surface area contributed by atoms with E-state index < -0.39 is 0 Å². The fourth-order valence-corrected chi connectivity index (χ4v) is 2.39. The first kappa shape index (κ1) is 10.5. The molecule has 0 saturated carbocycles. The SMILES string of the molecule is Fc1cc2ccc1CCc1ccc(cc1)CC2. The van der Waals surface area contributed by atoms with Gasteiger partial charge in [-0.25, -0.2) is 4.39 Å². The van der Waals surface area contributed by atoms with Gasteiger partial charge in [-0.15, -0.1) is 0 Å². The third-order valence-corrected chi connectivity index (χ3v) is 3.53. The summed E-state index contributed by atoms with van der Waals surface area (Å²) in [5.41, 5.74) is 4.55. The number of halogens is 1. The number of rotatable bonds is 0. The zero-order valence-corrected chi connectivity index (χ0v) is 9.75. The molecule has 0 fully saturated rings. The van der Waals surface area contributed by atoms with Crippen LogP contribution < -0.4 is 0 Å². The Morgan fingerprint density at radius 2 is 1.18 bits per heavy atom. The fourth-order valence-electron chi connectivity index (χ4n) is 2.39. The smallest absolute Gasteiger partial charge is 0.126 e. The van der Waals surface area contributed by atoms with Crippen molar-refractivity contribution in [1.29, 1.82) is 0 Å². The third kappa shape index (κ3) is 2.23. The van der Waals surface area contributed by atoms with Crippen molar-refractivity contribution in [3.63, 3.8) is 0 Å². The molecule has 4 bridgehead atoms. The summed E-state index contributed by atoms with van der Waals surface area (Å²) in [6.45, 7) is 0. The Hall–Kier alpha value is -1.63. The van der Waals surface area contributed by atoms with Crippen LogP contribution in [0.15, 0.2) is 42.5 Å². The van der Waals surface area contributed by atoms with Crippen LogP contribution in [0.2, 0.25) is 0 Å². The first-order chi connectivity index (χ1) is 8.31. The first-order valence-electron chi connectivity index (χ1n) is 6.16. The molecule has 1 heteroatoms. The molecule has 0 aromatic heterocycles. The van der Waals surface area contributed by atoms with Gasteiger partial charge in [-0.05, 0) is 54.0 Å². The maximum absolute atomic E-state index is 13.8. The van der Waals surface area contributed by atoms with Crippen molar-refractivity contribution >= 4 is 0 Å². The van der Waals surface area contributed by atoms with E-state index in [4.69, 9.17) is 0 Å². The highest BCUT2D eigenvalue weighted by Crippen LogP contribution is 2.17. The largest absolute Gasteiger partial charge is 0.207 e. The molecule has 6 rings (SSSR count). The molecule has 0 N–H and O–H groups in total. The van der Waals surface area contributed by atoms with Crippen LogP contribution in [-0.4, -0.2) is 0 Å². The van der Waals surface area contributed by atoms with E-state index in [1.54, 1.807) is 6.07 Å². The Bertz CT molecular complexity index is 526. The summed E-state index contributed by atoms with van der Waals surface area (Å²) in [4.78, 5) is 0. The van der Waals surface area contributed by atoms with E-state index in [1.165, 1.54) is 11.1 Å². The molecule has 0 radical (unpaired) electrons. The van der Waals surface area contributed by atoms with Crippen LogP contribution in [0.1, 0.15) is 22.3 Å². The summed E-state index contributed by atoms with van der Waals surface area (Å²) < 4.78 is 13.8. The maximum atomic E-state index is 13.8. The van der Waals surface area contributed by atoms with Gasteiger partial charge >= 0.3 is 0 Å². The van der Waals surface area contributed by atoms with Crippen LogP contribution in [0.5, 0.6) is 0 Å². The minimum atomic E-state index is -0.0440. The van der Waals surface area contributed by atoms with Crippen LogP contribution in [0.4, 0.5) is 4.39 Å². The van der Waals surface area contributed by atoms with Gasteiger partial charge in [0.1, 0.15) is 5.82 Å². The Balaban J connectivity index is 2.00. The highest BCUT2D eigenvalue weighted by Gasteiger charge is 2.06. The van der Waals surface area contributed by atoms with Gasteiger partial charge in [-0.3, -0.25) is 0 Å². The second kappa shape index (κ2) is 4.33. The lowest BCUT2D eigenvalue weighted by atomic mass is 9.96. The monoisotopic (exact) mass is 226 g/mol. The molecular weight excluding hydrogens is 211 g/mol. The van der Waals surface area contributed by atoms with Crippen molar-refractivity contribution in [3.05, 3.63) is 70.5 Å². The highest BCUT2D eigenvalue weighted by atomic mass is 19.1. The summed E-state index contributed by atoms with van der Waals surface area (Å²) >= 11 is 0. The van der Waals surface area contributed by atoms with Gasteiger partial charge in [0.05, 0.1) is 0 Å². The van der Waals surface area contributed by atoms with Crippen molar-refractivity contribution in [2.45, 2.75) is 25.7 Å². The van der Waals surface area contributed by atoms with E-state index in [-0.39, 0.29) is 5.82 Å².